The van der Waals surface area contributed by atoms with Crippen molar-refractivity contribution in [1.29, 1.82) is 0 Å². The fraction of sp³-hybridized carbons (Fsp3) is 0.190. The highest BCUT2D eigenvalue weighted by Gasteiger charge is 2.20. The molecule has 166 valence electrons. The molecule has 2 heterocycles. The van der Waals surface area contributed by atoms with Crippen molar-refractivity contribution in [2.75, 3.05) is 26.1 Å². The Labute approximate surface area is 192 Å². The molecular weight excluding hydrogens is 457 g/mol. The van der Waals surface area contributed by atoms with E-state index in [1.165, 1.54) is 25.1 Å². The van der Waals surface area contributed by atoms with Gasteiger partial charge in [0.25, 0.3) is 5.91 Å². The number of aromatic amines is 1. The Balaban J connectivity index is 1.67. The summed E-state index contributed by atoms with van der Waals surface area (Å²) in [4.78, 5) is 12.5. The van der Waals surface area contributed by atoms with Gasteiger partial charge in [0.15, 0.2) is 5.82 Å². The smallest absolute Gasteiger partial charge is 0.260 e. The summed E-state index contributed by atoms with van der Waals surface area (Å²) >= 11 is 13.0. The first-order chi connectivity index (χ1) is 15.5. The van der Waals surface area contributed by atoms with Crippen molar-refractivity contribution < 1.29 is 19.4 Å². The van der Waals surface area contributed by atoms with E-state index in [0.717, 1.165) is 5.56 Å². The molecule has 0 saturated heterocycles. The molecule has 9 nitrogen and oxygen atoms in total. The van der Waals surface area contributed by atoms with Crippen molar-refractivity contribution >= 4 is 45.8 Å². The summed E-state index contributed by atoms with van der Waals surface area (Å²) in [6.07, 6.45) is 2.98. The van der Waals surface area contributed by atoms with Crippen molar-refractivity contribution in [2.24, 2.45) is 0 Å². The van der Waals surface area contributed by atoms with E-state index in [2.05, 4.69) is 20.6 Å². The first kappa shape index (κ1) is 21.9. The molecule has 0 spiro atoms. The van der Waals surface area contributed by atoms with Crippen molar-refractivity contribution in [3.63, 3.8) is 0 Å². The number of nitrogens with one attached hydrogen (secondary N) is 2. The Hall–Kier alpha value is -3.27. The molecule has 0 aliphatic heterocycles. The molecule has 32 heavy (non-hydrogen) atoms. The number of aliphatic hydroxyl groups is 1. The topological polar surface area (TPSA) is 114 Å². The summed E-state index contributed by atoms with van der Waals surface area (Å²) in [5, 5.41) is 24.3. The van der Waals surface area contributed by atoms with E-state index < -0.39 is 0 Å². The molecule has 0 atom stereocenters. The number of halogens is 2. The largest absolute Gasteiger partial charge is 0.495 e. The summed E-state index contributed by atoms with van der Waals surface area (Å²) in [5.74, 6) is 0.867. The van der Waals surface area contributed by atoms with E-state index in [0.29, 0.717) is 55.9 Å². The number of fused-ring (bicyclic) bond motifs is 1. The molecule has 2 aromatic carbocycles. The van der Waals surface area contributed by atoms with Crippen LogP contribution in [-0.2, 0) is 6.54 Å². The van der Waals surface area contributed by atoms with Crippen molar-refractivity contribution in [1.82, 2.24) is 20.0 Å². The minimum absolute atomic E-state index is 0.0672. The zero-order valence-corrected chi connectivity index (χ0v) is 18.7. The van der Waals surface area contributed by atoms with Crippen LogP contribution in [0.3, 0.4) is 0 Å². The van der Waals surface area contributed by atoms with Crippen LogP contribution in [0.25, 0.3) is 22.0 Å². The van der Waals surface area contributed by atoms with Crippen molar-refractivity contribution in [3.05, 3.63) is 52.3 Å². The number of carbonyl (C=O) groups is 1. The van der Waals surface area contributed by atoms with E-state index in [1.807, 2.05) is 12.1 Å². The molecule has 2 aromatic heterocycles. The average molecular weight is 476 g/mol. The normalized spacial score (nSPS) is 11.0. The lowest BCUT2D eigenvalue weighted by Crippen LogP contribution is -2.11. The number of nitrogens with zero attached hydrogens (tertiary/aromatic N) is 3. The lowest BCUT2D eigenvalue weighted by Gasteiger charge is -2.14. The highest BCUT2D eigenvalue weighted by Crippen LogP contribution is 2.46. The number of ether oxygens (including phenoxy) is 2. The average Bonchev–Trinajstić information content (AvgIpc) is 3.41. The number of H-pyrrole nitrogens is 1. The molecule has 0 saturated carbocycles. The molecule has 3 N–H and O–H groups in total. The Morgan fingerprint density at radius 2 is 1.91 bits per heavy atom. The number of aliphatic hydroxyl groups excluding tert-OH is 1. The first-order valence-electron chi connectivity index (χ1n) is 9.50. The van der Waals surface area contributed by atoms with Gasteiger partial charge < -0.3 is 19.9 Å². The number of amides is 1. The molecule has 4 aromatic rings. The quantitative estimate of drug-likeness (QED) is 0.372. The second-order valence-corrected chi connectivity index (χ2v) is 7.54. The minimum Gasteiger partial charge on any atom is -0.495 e. The van der Waals surface area contributed by atoms with E-state index in [9.17, 15) is 4.79 Å². The Morgan fingerprint density at radius 1 is 1.19 bits per heavy atom. The maximum atomic E-state index is 12.5. The Bertz CT molecular complexity index is 1270. The van der Waals surface area contributed by atoms with Crippen LogP contribution < -0.4 is 14.8 Å². The summed E-state index contributed by atoms with van der Waals surface area (Å²) in [6.45, 7) is 0.240. The van der Waals surface area contributed by atoms with Crippen LogP contribution in [0.4, 0.5) is 5.82 Å². The molecule has 0 unspecified atom stereocenters. The monoisotopic (exact) mass is 475 g/mol. The van der Waals surface area contributed by atoms with Gasteiger partial charge in [-0.1, -0.05) is 29.3 Å². The van der Waals surface area contributed by atoms with E-state index in [4.69, 9.17) is 37.8 Å². The summed E-state index contributed by atoms with van der Waals surface area (Å²) in [6, 6.07) is 7.07. The van der Waals surface area contributed by atoms with E-state index in [-0.39, 0.29) is 12.5 Å². The number of rotatable bonds is 7. The first-order valence-corrected chi connectivity index (χ1v) is 10.3. The lowest BCUT2D eigenvalue weighted by atomic mass is 10.0. The zero-order chi connectivity index (χ0) is 22.8. The van der Waals surface area contributed by atoms with E-state index in [1.54, 1.807) is 18.3 Å². The van der Waals surface area contributed by atoms with Gasteiger partial charge in [-0.3, -0.25) is 14.6 Å². The van der Waals surface area contributed by atoms with Crippen molar-refractivity contribution in [2.45, 2.75) is 6.54 Å². The van der Waals surface area contributed by atoms with Gasteiger partial charge in [0.2, 0.25) is 0 Å². The number of carbonyl (C=O) groups excluding carboxylic acids is 1. The molecule has 0 fully saturated rings. The van der Waals surface area contributed by atoms with Gasteiger partial charge in [-0.15, -0.1) is 0 Å². The zero-order valence-electron chi connectivity index (χ0n) is 17.1. The third-order valence-electron chi connectivity index (χ3n) is 4.88. The predicted octanol–water partition coefficient (Wildman–Crippen LogP) is 4.00. The number of methoxy groups -OCH3 is 2. The lowest BCUT2D eigenvalue weighted by molar-refractivity contribution is 0.102. The highest BCUT2D eigenvalue weighted by molar-refractivity contribution is 6.41. The van der Waals surface area contributed by atoms with E-state index >= 15 is 0 Å². The number of benzene rings is 2. The Kier molecular flexibility index (Phi) is 6.22. The fourth-order valence-corrected chi connectivity index (χ4v) is 4.01. The number of aromatic nitrogens is 4. The summed E-state index contributed by atoms with van der Waals surface area (Å²) in [7, 11) is 3.03. The third-order valence-corrected chi connectivity index (χ3v) is 5.63. The second-order valence-electron chi connectivity index (χ2n) is 6.79. The maximum Gasteiger partial charge on any atom is 0.260 e. The minimum atomic E-state index is -0.365. The SMILES string of the molecule is COc1cc(OC)c(Cl)c(-c2ccc3c(NC(=O)c4cnn(CCO)c4)n[nH]c3c2)c1Cl. The standard InChI is InChI=1S/C21H19Cl2N5O4/c1-31-15-8-16(32-2)19(23)17(18(15)22)11-3-4-13-14(7-11)26-27-20(13)25-21(30)12-9-24-28(10-12)5-6-29/h3-4,7-10,29H,5-6H2,1-2H3,(H2,25,26,27,30). The summed E-state index contributed by atoms with van der Waals surface area (Å²) in [5.41, 5.74) is 2.30. The fourth-order valence-electron chi connectivity index (χ4n) is 3.29. The molecule has 0 aliphatic rings. The summed E-state index contributed by atoms with van der Waals surface area (Å²) < 4.78 is 12.2. The Morgan fingerprint density at radius 3 is 2.56 bits per heavy atom. The van der Waals surface area contributed by atoms with Gasteiger partial charge in [0.1, 0.15) is 11.5 Å². The third kappa shape index (κ3) is 3.97. The number of hydrogen-bond acceptors (Lipinski definition) is 6. The van der Waals surface area contributed by atoms with Gasteiger partial charge in [0.05, 0.1) is 54.7 Å². The van der Waals surface area contributed by atoms with Crippen LogP contribution in [-0.4, -0.2) is 51.8 Å². The van der Waals surface area contributed by atoms with Gasteiger partial charge in [-0.2, -0.15) is 10.2 Å². The molecule has 4 rings (SSSR count). The van der Waals surface area contributed by atoms with Gasteiger partial charge in [-0.25, -0.2) is 0 Å². The van der Waals surface area contributed by atoms with Crippen LogP contribution in [0.2, 0.25) is 10.0 Å². The van der Waals surface area contributed by atoms with Crippen LogP contribution in [0.1, 0.15) is 10.4 Å². The number of anilines is 1. The predicted molar refractivity (Wildman–Crippen MR) is 122 cm³/mol. The van der Waals surface area contributed by atoms with Crippen LogP contribution >= 0.6 is 23.2 Å². The molecule has 0 aliphatic carbocycles. The van der Waals surface area contributed by atoms with Crippen LogP contribution in [0.15, 0.2) is 36.7 Å². The van der Waals surface area contributed by atoms with Crippen LogP contribution in [0.5, 0.6) is 11.5 Å². The van der Waals surface area contributed by atoms with Crippen LogP contribution in [0, 0.1) is 0 Å². The molecular formula is C21H19Cl2N5O4. The second kappa shape index (κ2) is 9.07. The highest BCUT2D eigenvalue weighted by atomic mass is 35.5. The van der Waals surface area contributed by atoms with Gasteiger partial charge >= 0.3 is 0 Å². The molecule has 0 radical (unpaired) electrons. The molecule has 1 amide bonds. The molecule has 11 heteroatoms. The van der Waals surface area contributed by atoms with Crippen molar-refractivity contribution in [3.8, 4) is 22.6 Å². The van der Waals surface area contributed by atoms with Gasteiger partial charge in [-0.05, 0) is 17.7 Å². The maximum absolute atomic E-state index is 12.5. The molecule has 0 bridgehead atoms. The number of hydrogen-bond donors (Lipinski definition) is 3. The van der Waals surface area contributed by atoms with Gasteiger partial charge in [0, 0.05) is 23.2 Å².